The van der Waals surface area contributed by atoms with Gasteiger partial charge in [0.2, 0.25) is 15.9 Å². The number of fused-ring (bicyclic) bond motifs is 1. The van der Waals surface area contributed by atoms with Crippen molar-refractivity contribution in [2.45, 2.75) is 43.7 Å². The topological polar surface area (TPSA) is 101 Å². The summed E-state index contributed by atoms with van der Waals surface area (Å²) in [5, 5.41) is 0. The van der Waals surface area contributed by atoms with Crippen molar-refractivity contribution in [1.29, 1.82) is 0 Å². The molecule has 0 spiro atoms. The van der Waals surface area contributed by atoms with Gasteiger partial charge in [0, 0.05) is 31.6 Å². The lowest BCUT2D eigenvalue weighted by Gasteiger charge is -2.35. The second kappa shape index (κ2) is 8.43. The summed E-state index contributed by atoms with van der Waals surface area (Å²) in [5.41, 5.74) is 7.90. The summed E-state index contributed by atoms with van der Waals surface area (Å²) in [5.74, 6) is -0.366. The average Bonchev–Trinajstić information content (AvgIpc) is 2.78. The Hall–Kier alpha value is -2.71. The van der Waals surface area contributed by atoms with E-state index < -0.39 is 22.0 Å². The van der Waals surface area contributed by atoms with Crippen LogP contribution in [0.5, 0.6) is 0 Å². The van der Waals surface area contributed by atoms with E-state index in [4.69, 9.17) is 5.73 Å². The minimum Gasteiger partial charge on any atom is -0.368 e. The van der Waals surface area contributed by atoms with E-state index in [1.54, 1.807) is 0 Å². The number of nitrogens with zero attached hydrogens (tertiary/aromatic N) is 2. The third kappa shape index (κ3) is 4.22. The van der Waals surface area contributed by atoms with Crippen LogP contribution >= 0.6 is 0 Å². The lowest BCUT2D eigenvalue weighted by molar-refractivity contribution is -0.122. The lowest BCUT2D eigenvalue weighted by atomic mass is 9.93. The number of sulfonamides is 1. The van der Waals surface area contributed by atoms with Crippen LogP contribution in [-0.4, -0.2) is 48.6 Å². The van der Waals surface area contributed by atoms with Crippen LogP contribution in [0.15, 0.2) is 53.4 Å². The minimum atomic E-state index is -3.58. The molecule has 1 unspecified atom stereocenters. The van der Waals surface area contributed by atoms with Crippen LogP contribution in [0.2, 0.25) is 0 Å². The number of primary amides is 1. The smallest absolute Gasteiger partial charge is 0.254 e. The summed E-state index contributed by atoms with van der Waals surface area (Å²) in [6, 6.07) is 12.9. The van der Waals surface area contributed by atoms with Crippen molar-refractivity contribution in [3.63, 3.8) is 0 Å². The average molecular weight is 442 g/mol. The molecule has 0 saturated carbocycles. The molecular formula is C23H27N3O4S. The Morgan fingerprint density at radius 1 is 0.968 bits per heavy atom. The molecule has 1 saturated heterocycles. The van der Waals surface area contributed by atoms with Crippen LogP contribution in [0.3, 0.4) is 0 Å². The zero-order chi connectivity index (χ0) is 22.2. The normalized spacial score (nSPS) is 20.3. The Morgan fingerprint density at radius 3 is 2.19 bits per heavy atom. The number of amides is 2. The first-order valence-corrected chi connectivity index (χ1v) is 12.0. The fourth-order valence-electron chi connectivity index (χ4n) is 4.30. The molecule has 2 amide bonds. The van der Waals surface area contributed by atoms with E-state index in [2.05, 4.69) is 6.92 Å². The Labute approximate surface area is 182 Å². The number of hydrogen-bond donors (Lipinski definition) is 1. The number of rotatable bonds is 4. The van der Waals surface area contributed by atoms with Crippen LogP contribution in [0, 0.1) is 5.92 Å². The molecule has 31 heavy (non-hydrogen) atoms. The largest absolute Gasteiger partial charge is 0.368 e. The van der Waals surface area contributed by atoms with Gasteiger partial charge < -0.3 is 10.6 Å². The predicted octanol–water partition coefficient (Wildman–Crippen LogP) is 2.16. The van der Waals surface area contributed by atoms with Gasteiger partial charge in [-0.3, -0.25) is 9.59 Å². The molecular weight excluding hydrogens is 414 g/mol. The summed E-state index contributed by atoms with van der Waals surface area (Å²) in [6.07, 6.45) is 2.07. The summed E-state index contributed by atoms with van der Waals surface area (Å²) in [4.78, 5) is 26.9. The standard InChI is InChI=1S/C23H27N3O4S/c1-16-10-12-25(13-11-16)31(29,30)20-8-6-17(7-9-20)23(28)26-15-19-5-3-2-4-18(19)14-21(26)22(24)27/h2-9,16,21H,10-15H2,1H3,(H2,24,27). The highest BCUT2D eigenvalue weighted by molar-refractivity contribution is 7.89. The van der Waals surface area contributed by atoms with Crippen molar-refractivity contribution in [3.8, 4) is 0 Å². The van der Waals surface area contributed by atoms with Gasteiger partial charge in [-0.1, -0.05) is 31.2 Å². The van der Waals surface area contributed by atoms with Crippen LogP contribution in [-0.2, 0) is 27.8 Å². The molecule has 164 valence electrons. The Balaban J connectivity index is 1.56. The number of carbonyl (C=O) groups is 2. The van der Waals surface area contributed by atoms with Crippen molar-refractivity contribution in [2.75, 3.05) is 13.1 Å². The third-order valence-electron chi connectivity index (χ3n) is 6.32. The van der Waals surface area contributed by atoms with Crippen LogP contribution in [0.25, 0.3) is 0 Å². The first-order valence-electron chi connectivity index (χ1n) is 10.5. The second-order valence-corrected chi connectivity index (χ2v) is 10.4. The van der Waals surface area contributed by atoms with Gasteiger partial charge in [-0.2, -0.15) is 4.31 Å². The van der Waals surface area contributed by atoms with Crippen molar-refractivity contribution in [2.24, 2.45) is 11.7 Å². The van der Waals surface area contributed by atoms with Gasteiger partial charge in [-0.25, -0.2) is 8.42 Å². The maximum absolute atomic E-state index is 13.2. The molecule has 2 aliphatic rings. The SMILES string of the molecule is CC1CCN(S(=O)(=O)c2ccc(C(=O)N3Cc4ccccc4CC3C(N)=O)cc2)CC1. The van der Waals surface area contributed by atoms with Gasteiger partial charge in [0.25, 0.3) is 5.91 Å². The molecule has 4 rings (SSSR count). The number of nitrogens with two attached hydrogens (primary N) is 1. The fraction of sp³-hybridized carbons (Fsp3) is 0.391. The summed E-state index contributed by atoms with van der Waals surface area (Å²) in [6.45, 7) is 3.44. The first kappa shape index (κ1) is 21.5. The molecule has 2 N–H and O–H groups in total. The lowest BCUT2D eigenvalue weighted by Crippen LogP contribution is -2.51. The molecule has 8 heteroatoms. The maximum atomic E-state index is 13.2. The van der Waals surface area contributed by atoms with E-state index in [1.807, 2.05) is 24.3 Å². The van der Waals surface area contributed by atoms with E-state index in [0.29, 0.717) is 31.0 Å². The summed E-state index contributed by atoms with van der Waals surface area (Å²) < 4.78 is 27.4. The number of benzene rings is 2. The molecule has 7 nitrogen and oxygen atoms in total. The van der Waals surface area contributed by atoms with Crippen molar-refractivity contribution in [3.05, 3.63) is 65.2 Å². The van der Waals surface area contributed by atoms with Crippen LogP contribution < -0.4 is 5.73 Å². The molecule has 0 bridgehead atoms. The summed E-state index contributed by atoms with van der Waals surface area (Å²) >= 11 is 0. The number of carbonyl (C=O) groups excluding carboxylic acids is 2. The quantitative estimate of drug-likeness (QED) is 0.786. The van der Waals surface area contributed by atoms with Crippen LogP contribution in [0.1, 0.15) is 41.3 Å². The van der Waals surface area contributed by atoms with Gasteiger partial charge in [0.05, 0.1) is 4.90 Å². The zero-order valence-electron chi connectivity index (χ0n) is 17.5. The van der Waals surface area contributed by atoms with E-state index in [0.717, 1.165) is 24.0 Å². The van der Waals surface area contributed by atoms with Gasteiger partial charge in [0.15, 0.2) is 0 Å². The monoisotopic (exact) mass is 441 g/mol. The molecule has 2 heterocycles. The predicted molar refractivity (Wildman–Crippen MR) is 117 cm³/mol. The van der Waals surface area contributed by atoms with E-state index in [1.165, 1.54) is 33.5 Å². The molecule has 2 aromatic carbocycles. The zero-order valence-corrected chi connectivity index (χ0v) is 18.3. The van der Waals surface area contributed by atoms with Gasteiger partial charge in [-0.15, -0.1) is 0 Å². The molecule has 1 atom stereocenters. The highest BCUT2D eigenvalue weighted by Crippen LogP contribution is 2.27. The number of hydrogen-bond acceptors (Lipinski definition) is 4. The maximum Gasteiger partial charge on any atom is 0.254 e. The molecule has 0 aliphatic carbocycles. The second-order valence-electron chi connectivity index (χ2n) is 8.44. The molecule has 0 radical (unpaired) electrons. The minimum absolute atomic E-state index is 0.175. The highest BCUT2D eigenvalue weighted by atomic mass is 32.2. The molecule has 2 aliphatic heterocycles. The molecule has 0 aromatic heterocycles. The van der Waals surface area contributed by atoms with Gasteiger partial charge >= 0.3 is 0 Å². The Morgan fingerprint density at radius 2 is 1.58 bits per heavy atom. The third-order valence-corrected chi connectivity index (χ3v) is 8.23. The summed E-state index contributed by atoms with van der Waals surface area (Å²) in [7, 11) is -3.58. The van der Waals surface area contributed by atoms with Crippen molar-refractivity contribution < 1.29 is 18.0 Å². The first-order chi connectivity index (χ1) is 14.8. The van der Waals surface area contributed by atoms with Crippen LogP contribution in [0.4, 0.5) is 0 Å². The van der Waals surface area contributed by atoms with Crippen molar-refractivity contribution >= 4 is 21.8 Å². The van der Waals surface area contributed by atoms with E-state index >= 15 is 0 Å². The van der Waals surface area contributed by atoms with Gasteiger partial charge in [0.1, 0.15) is 6.04 Å². The van der Waals surface area contributed by atoms with Crippen molar-refractivity contribution in [1.82, 2.24) is 9.21 Å². The Kier molecular flexibility index (Phi) is 5.85. The molecule has 2 aromatic rings. The highest BCUT2D eigenvalue weighted by Gasteiger charge is 2.34. The number of piperidine rings is 1. The van der Waals surface area contributed by atoms with E-state index in [9.17, 15) is 18.0 Å². The van der Waals surface area contributed by atoms with E-state index in [-0.39, 0.29) is 17.3 Å². The fourth-order valence-corrected chi connectivity index (χ4v) is 5.77. The van der Waals surface area contributed by atoms with Gasteiger partial charge in [-0.05, 0) is 54.2 Å². The Bertz CT molecular complexity index is 1090. The molecule has 1 fully saturated rings.